The molecule has 0 aromatic rings. The lowest BCUT2D eigenvalue weighted by Crippen LogP contribution is -2.63. The predicted octanol–water partition coefficient (Wildman–Crippen LogP) is 2.14. The summed E-state index contributed by atoms with van der Waals surface area (Å²) in [6, 6.07) is 1.11. The summed E-state index contributed by atoms with van der Waals surface area (Å²) >= 11 is 0. The number of guanidine groups is 1. The Labute approximate surface area is 127 Å². The minimum absolute atomic E-state index is 0. The van der Waals surface area contributed by atoms with Gasteiger partial charge in [-0.05, 0) is 26.2 Å². The molecule has 0 heterocycles. The lowest BCUT2D eigenvalue weighted by Gasteiger charge is -2.51. The summed E-state index contributed by atoms with van der Waals surface area (Å²) in [6.45, 7) is 7.40. The molecule has 0 aromatic heterocycles. The summed E-state index contributed by atoms with van der Waals surface area (Å²) in [5.74, 6) is 0.975. The highest BCUT2D eigenvalue weighted by Crippen LogP contribution is 2.42. The van der Waals surface area contributed by atoms with Crippen LogP contribution in [-0.2, 0) is 4.74 Å². The van der Waals surface area contributed by atoms with Crippen molar-refractivity contribution in [1.82, 2.24) is 10.6 Å². The molecule has 2 aliphatic carbocycles. The third kappa shape index (κ3) is 3.50. The van der Waals surface area contributed by atoms with Crippen molar-refractivity contribution in [2.75, 3.05) is 13.7 Å². The van der Waals surface area contributed by atoms with Gasteiger partial charge in [0.2, 0.25) is 0 Å². The van der Waals surface area contributed by atoms with Gasteiger partial charge in [-0.15, -0.1) is 24.0 Å². The van der Waals surface area contributed by atoms with Crippen LogP contribution in [0.2, 0.25) is 0 Å². The number of methoxy groups -OCH3 is 1. The average molecular weight is 367 g/mol. The quantitative estimate of drug-likeness (QED) is 0.455. The van der Waals surface area contributed by atoms with Gasteiger partial charge in [-0.1, -0.05) is 13.8 Å². The van der Waals surface area contributed by atoms with E-state index in [4.69, 9.17) is 4.74 Å². The molecule has 2 unspecified atom stereocenters. The van der Waals surface area contributed by atoms with Crippen LogP contribution in [0.25, 0.3) is 0 Å². The van der Waals surface area contributed by atoms with Crippen LogP contribution in [0.5, 0.6) is 0 Å². The van der Waals surface area contributed by atoms with Crippen LogP contribution in [0, 0.1) is 5.41 Å². The number of aliphatic imine (C=N–C) groups is 1. The maximum Gasteiger partial charge on any atom is 0.191 e. The van der Waals surface area contributed by atoms with Crippen LogP contribution in [-0.4, -0.2) is 37.8 Å². The van der Waals surface area contributed by atoms with Crippen molar-refractivity contribution in [2.45, 2.75) is 58.2 Å². The van der Waals surface area contributed by atoms with Gasteiger partial charge in [0.1, 0.15) is 0 Å². The number of halogens is 1. The molecule has 2 rings (SSSR count). The summed E-state index contributed by atoms with van der Waals surface area (Å²) in [4.78, 5) is 4.50. The van der Waals surface area contributed by atoms with Gasteiger partial charge in [-0.25, -0.2) is 0 Å². The molecule has 0 aliphatic heterocycles. The fourth-order valence-electron chi connectivity index (χ4n) is 2.41. The molecule has 2 atom stereocenters. The Morgan fingerprint density at radius 2 is 2.00 bits per heavy atom. The first kappa shape index (κ1) is 16.0. The second kappa shape index (κ2) is 6.41. The highest BCUT2D eigenvalue weighted by molar-refractivity contribution is 14.0. The van der Waals surface area contributed by atoms with Crippen molar-refractivity contribution in [3.63, 3.8) is 0 Å². The molecule has 2 fully saturated rings. The van der Waals surface area contributed by atoms with Gasteiger partial charge in [0.05, 0.1) is 6.10 Å². The third-order valence-electron chi connectivity index (χ3n) is 4.01. The molecule has 0 spiro atoms. The van der Waals surface area contributed by atoms with Gasteiger partial charge in [-0.3, -0.25) is 4.99 Å². The van der Waals surface area contributed by atoms with E-state index in [9.17, 15) is 0 Å². The normalized spacial score (nSPS) is 30.1. The molecule has 2 saturated carbocycles. The fourth-order valence-corrected chi connectivity index (χ4v) is 2.41. The predicted molar refractivity (Wildman–Crippen MR) is 85.7 cm³/mol. The Balaban J connectivity index is 0.00000162. The summed E-state index contributed by atoms with van der Waals surface area (Å²) in [5.41, 5.74) is 0.189. The molecule has 0 saturated heterocycles. The molecule has 0 radical (unpaired) electrons. The van der Waals surface area contributed by atoms with Crippen molar-refractivity contribution in [3.8, 4) is 0 Å². The standard InChI is InChI=1S/C13H25N3O.HI/c1-5-14-12(15-9-6-7-9)16-10-8-11(17-4)13(10,2)3;/h9-11H,5-8H2,1-4H3,(H2,14,15,16);1H. The molecular formula is C13H26IN3O. The molecule has 0 amide bonds. The Kier molecular flexibility index (Phi) is 5.70. The van der Waals surface area contributed by atoms with Crippen molar-refractivity contribution in [2.24, 2.45) is 10.4 Å². The van der Waals surface area contributed by atoms with E-state index in [0.29, 0.717) is 18.2 Å². The SMILES string of the molecule is CCN=C(NC1CC1)NC1CC(OC)C1(C)C.I. The second-order valence-corrected chi connectivity index (χ2v) is 5.72. The van der Waals surface area contributed by atoms with E-state index >= 15 is 0 Å². The lowest BCUT2D eigenvalue weighted by molar-refractivity contribution is -0.0922. The van der Waals surface area contributed by atoms with Gasteiger partial charge in [0, 0.05) is 31.2 Å². The maximum atomic E-state index is 5.47. The average Bonchev–Trinajstić information content (AvgIpc) is 3.07. The van der Waals surface area contributed by atoms with Crippen molar-refractivity contribution in [1.29, 1.82) is 0 Å². The lowest BCUT2D eigenvalue weighted by atomic mass is 9.64. The minimum atomic E-state index is 0. The van der Waals surface area contributed by atoms with Gasteiger partial charge in [-0.2, -0.15) is 0 Å². The summed E-state index contributed by atoms with van der Waals surface area (Å²) < 4.78 is 5.47. The number of hydrogen-bond donors (Lipinski definition) is 2. The minimum Gasteiger partial charge on any atom is -0.381 e. The first-order valence-electron chi connectivity index (χ1n) is 6.68. The van der Waals surface area contributed by atoms with Gasteiger partial charge in [0.15, 0.2) is 5.96 Å². The third-order valence-corrected chi connectivity index (χ3v) is 4.01. The molecule has 0 bridgehead atoms. The van der Waals surface area contributed by atoms with Crippen LogP contribution < -0.4 is 10.6 Å². The van der Waals surface area contributed by atoms with E-state index < -0.39 is 0 Å². The number of hydrogen-bond acceptors (Lipinski definition) is 2. The Hall–Kier alpha value is -0.0400. The zero-order chi connectivity index (χ0) is 12.5. The molecular weight excluding hydrogens is 341 g/mol. The van der Waals surface area contributed by atoms with Crippen LogP contribution >= 0.6 is 24.0 Å². The van der Waals surface area contributed by atoms with E-state index in [2.05, 4.69) is 36.4 Å². The highest BCUT2D eigenvalue weighted by Gasteiger charge is 2.49. The summed E-state index contributed by atoms with van der Waals surface area (Å²) in [5, 5.41) is 7.00. The Bertz CT molecular complexity index is 303. The molecule has 106 valence electrons. The molecule has 4 nitrogen and oxygen atoms in total. The zero-order valence-corrected chi connectivity index (χ0v) is 14.2. The Morgan fingerprint density at radius 1 is 1.33 bits per heavy atom. The van der Waals surface area contributed by atoms with Crippen molar-refractivity contribution >= 4 is 29.9 Å². The molecule has 2 aliphatic rings. The smallest absolute Gasteiger partial charge is 0.191 e. The number of nitrogens with one attached hydrogen (secondary N) is 2. The van der Waals surface area contributed by atoms with Gasteiger partial charge in [0.25, 0.3) is 0 Å². The van der Waals surface area contributed by atoms with E-state index in [1.54, 1.807) is 7.11 Å². The van der Waals surface area contributed by atoms with E-state index in [-0.39, 0.29) is 29.4 Å². The van der Waals surface area contributed by atoms with Gasteiger partial charge < -0.3 is 15.4 Å². The van der Waals surface area contributed by atoms with E-state index in [0.717, 1.165) is 18.9 Å². The fraction of sp³-hybridized carbons (Fsp3) is 0.923. The highest BCUT2D eigenvalue weighted by atomic mass is 127. The molecule has 5 heteroatoms. The van der Waals surface area contributed by atoms with Crippen molar-refractivity contribution < 1.29 is 4.74 Å². The van der Waals surface area contributed by atoms with Crippen LogP contribution in [0.1, 0.15) is 40.0 Å². The number of nitrogens with zero attached hydrogens (tertiary/aromatic N) is 1. The molecule has 2 N–H and O–H groups in total. The molecule has 0 aromatic carbocycles. The number of ether oxygens (including phenoxy) is 1. The van der Waals surface area contributed by atoms with Crippen LogP contribution in [0.4, 0.5) is 0 Å². The zero-order valence-electron chi connectivity index (χ0n) is 11.8. The first-order chi connectivity index (χ1) is 8.07. The van der Waals surface area contributed by atoms with Gasteiger partial charge >= 0.3 is 0 Å². The van der Waals surface area contributed by atoms with Crippen LogP contribution in [0.3, 0.4) is 0 Å². The summed E-state index contributed by atoms with van der Waals surface area (Å²) in [6.07, 6.45) is 3.99. The first-order valence-corrected chi connectivity index (χ1v) is 6.68. The monoisotopic (exact) mass is 367 g/mol. The number of rotatable bonds is 4. The Morgan fingerprint density at radius 3 is 2.44 bits per heavy atom. The molecule has 18 heavy (non-hydrogen) atoms. The maximum absolute atomic E-state index is 5.47. The van der Waals surface area contributed by atoms with Crippen molar-refractivity contribution in [3.05, 3.63) is 0 Å². The van der Waals surface area contributed by atoms with E-state index in [1.165, 1.54) is 12.8 Å². The largest absolute Gasteiger partial charge is 0.381 e. The van der Waals surface area contributed by atoms with E-state index in [1.807, 2.05) is 0 Å². The van der Waals surface area contributed by atoms with Crippen LogP contribution in [0.15, 0.2) is 4.99 Å². The second-order valence-electron chi connectivity index (χ2n) is 5.72. The summed E-state index contributed by atoms with van der Waals surface area (Å²) in [7, 11) is 1.80. The topological polar surface area (TPSA) is 45.7 Å².